The van der Waals surface area contributed by atoms with Crippen LogP contribution in [0, 0.1) is 0 Å². The molecule has 1 saturated carbocycles. The Morgan fingerprint density at radius 2 is 2.38 bits per heavy atom. The third-order valence-electron chi connectivity index (χ3n) is 3.30. The van der Waals surface area contributed by atoms with E-state index in [1.54, 1.807) is 6.26 Å². The smallest absolute Gasteiger partial charge is 0.117 e. The predicted octanol–water partition coefficient (Wildman–Crippen LogP) is 2.24. The first-order valence-electron chi connectivity index (χ1n) is 6.25. The average molecular weight is 222 g/mol. The van der Waals surface area contributed by atoms with E-state index in [2.05, 4.69) is 24.2 Å². The van der Waals surface area contributed by atoms with Gasteiger partial charge in [-0.2, -0.15) is 0 Å². The van der Waals surface area contributed by atoms with E-state index >= 15 is 0 Å². The van der Waals surface area contributed by atoms with Crippen LogP contribution in [-0.4, -0.2) is 30.6 Å². The molecule has 0 spiro atoms. The van der Waals surface area contributed by atoms with Crippen LogP contribution in [0.4, 0.5) is 0 Å². The summed E-state index contributed by atoms with van der Waals surface area (Å²) in [4.78, 5) is 2.37. The van der Waals surface area contributed by atoms with Gasteiger partial charge < -0.3 is 9.73 Å². The second-order valence-corrected chi connectivity index (χ2v) is 4.74. The van der Waals surface area contributed by atoms with Crippen molar-refractivity contribution in [1.29, 1.82) is 0 Å². The first-order chi connectivity index (χ1) is 7.79. The summed E-state index contributed by atoms with van der Waals surface area (Å²) < 4.78 is 5.37. The van der Waals surface area contributed by atoms with Crippen LogP contribution in [0.15, 0.2) is 22.8 Å². The molecule has 0 aliphatic heterocycles. The lowest BCUT2D eigenvalue weighted by molar-refractivity contribution is 0.205. The number of furan rings is 1. The largest absolute Gasteiger partial charge is 0.468 e. The molecule has 1 aromatic heterocycles. The molecule has 1 aliphatic rings. The molecule has 3 nitrogen and oxygen atoms in total. The van der Waals surface area contributed by atoms with Gasteiger partial charge in [0.15, 0.2) is 0 Å². The fraction of sp³-hybridized carbons (Fsp3) is 0.692. The third kappa shape index (κ3) is 3.35. The van der Waals surface area contributed by atoms with Crippen molar-refractivity contribution in [3.05, 3.63) is 24.2 Å². The van der Waals surface area contributed by atoms with Gasteiger partial charge in [0.2, 0.25) is 0 Å². The molecule has 0 amide bonds. The number of nitrogens with one attached hydrogen (secondary N) is 1. The molecule has 0 saturated heterocycles. The second kappa shape index (κ2) is 5.51. The molecule has 1 unspecified atom stereocenters. The first kappa shape index (κ1) is 11.7. The number of nitrogens with zero attached hydrogens (tertiary/aromatic N) is 1. The molecule has 1 atom stereocenters. The zero-order valence-electron chi connectivity index (χ0n) is 10.3. The highest BCUT2D eigenvalue weighted by atomic mass is 16.3. The van der Waals surface area contributed by atoms with Crippen molar-refractivity contribution in [2.75, 3.05) is 13.6 Å². The van der Waals surface area contributed by atoms with Crippen molar-refractivity contribution in [1.82, 2.24) is 10.2 Å². The fourth-order valence-corrected chi connectivity index (χ4v) is 1.98. The van der Waals surface area contributed by atoms with E-state index in [4.69, 9.17) is 4.42 Å². The molecule has 1 N–H and O–H groups in total. The highest BCUT2D eigenvalue weighted by molar-refractivity contribution is 4.98. The Labute approximate surface area is 97.8 Å². The van der Waals surface area contributed by atoms with Crippen molar-refractivity contribution in [2.45, 2.75) is 44.8 Å². The Morgan fingerprint density at radius 1 is 1.56 bits per heavy atom. The fourth-order valence-electron chi connectivity index (χ4n) is 1.98. The van der Waals surface area contributed by atoms with Gasteiger partial charge in [-0.25, -0.2) is 0 Å². The van der Waals surface area contributed by atoms with Crippen molar-refractivity contribution >= 4 is 0 Å². The van der Waals surface area contributed by atoms with Gasteiger partial charge in [0.1, 0.15) is 5.76 Å². The maximum atomic E-state index is 5.37. The minimum atomic E-state index is 0.602. The minimum absolute atomic E-state index is 0.602. The molecular weight excluding hydrogens is 200 g/mol. The number of rotatable bonds is 7. The van der Waals surface area contributed by atoms with E-state index in [1.165, 1.54) is 19.3 Å². The van der Waals surface area contributed by atoms with Gasteiger partial charge >= 0.3 is 0 Å². The maximum Gasteiger partial charge on any atom is 0.117 e. The van der Waals surface area contributed by atoms with Gasteiger partial charge in [-0.1, -0.05) is 6.92 Å². The minimum Gasteiger partial charge on any atom is -0.468 e. The van der Waals surface area contributed by atoms with Crippen LogP contribution in [0.1, 0.15) is 31.9 Å². The molecule has 1 fully saturated rings. The average Bonchev–Trinajstić information content (AvgIpc) is 2.96. The van der Waals surface area contributed by atoms with E-state index in [9.17, 15) is 0 Å². The van der Waals surface area contributed by atoms with E-state index in [0.29, 0.717) is 6.04 Å². The third-order valence-corrected chi connectivity index (χ3v) is 3.30. The lowest BCUT2D eigenvalue weighted by atomic mass is 10.2. The predicted molar refractivity (Wildman–Crippen MR) is 65.3 cm³/mol. The Morgan fingerprint density at radius 3 is 2.94 bits per heavy atom. The Balaban J connectivity index is 1.77. The molecule has 0 bridgehead atoms. The summed E-state index contributed by atoms with van der Waals surface area (Å²) in [6.07, 6.45) is 5.64. The molecule has 2 rings (SSSR count). The topological polar surface area (TPSA) is 28.4 Å². The Hall–Kier alpha value is -0.800. The highest BCUT2D eigenvalue weighted by Gasteiger charge is 2.22. The molecule has 0 aromatic carbocycles. The van der Waals surface area contributed by atoms with Crippen LogP contribution in [0.5, 0.6) is 0 Å². The molecule has 1 aliphatic carbocycles. The van der Waals surface area contributed by atoms with Gasteiger partial charge in [0.25, 0.3) is 0 Å². The van der Waals surface area contributed by atoms with Crippen LogP contribution in [-0.2, 0) is 6.54 Å². The summed E-state index contributed by atoms with van der Waals surface area (Å²) in [7, 11) is 2.17. The molecule has 1 aromatic rings. The van der Waals surface area contributed by atoms with Gasteiger partial charge in [-0.05, 0) is 38.4 Å². The monoisotopic (exact) mass is 222 g/mol. The standard InChI is InChI=1S/C13H22N2O/c1-3-12(9-14-11-6-7-11)15(2)10-13-5-4-8-16-13/h4-5,8,11-12,14H,3,6-7,9-10H2,1-2H3. The highest BCUT2D eigenvalue weighted by Crippen LogP contribution is 2.19. The molecular formula is C13H22N2O. The van der Waals surface area contributed by atoms with Gasteiger partial charge in [0.05, 0.1) is 12.8 Å². The van der Waals surface area contributed by atoms with Gasteiger partial charge in [-0.3, -0.25) is 4.90 Å². The molecule has 1 heterocycles. The molecule has 90 valence electrons. The summed E-state index contributed by atoms with van der Waals surface area (Å²) >= 11 is 0. The number of likely N-dealkylation sites (N-methyl/N-ethyl adjacent to an activating group) is 1. The summed E-state index contributed by atoms with van der Waals surface area (Å²) in [5.41, 5.74) is 0. The van der Waals surface area contributed by atoms with Crippen LogP contribution in [0.2, 0.25) is 0 Å². The summed E-state index contributed by atoms with van der Waals surface area (Å²) in [6, 6.07) is 5.39. The van der Waals surface area contributed by atoms with Crippen LogP contribution in [0.25, 0.3) is 0 Å². The van der Waals surface area contributed by atoms with E-state index in [0.717, 1.165) is 24.9 Å². The Bertz CT molecular complexity index is 293. The maximum absolute atomic E-state index is 5.37. The summed E-state index contributed by atoms with van der Waals surface area (Å²) in [6.45, 7) is 4.24. The van der Waals surface area contributed by atoms with E-state index in [-0.39, 0.29) is 0 Å². The van der Waals surface area contributed by atoms with E-state index < -0.39 is 0 Å². The van der Waals surface area contributed by atoms with Crippen molar-refractivity contribution in [3.8, 4) is 0 Å². The zero-order chi connectivity index (χ0) is 11.4. The normalized spacial score (nSPS) is 17.9. The first-order valence-corrected chi connectivity index (χ1v) is 6.25. The zero-order valence-corrected chi connectivity index (χ0v) is 10.3. The number of hydrogen-bond donors (Lipinski definition) is 1. The lowest BCUT2D eigenvalue weighted by Gasteiger charge is -2.26. The summed E-state index contributed by atoms with van der Waals surface area (Å²) in [5, 5.41) is 3.60. The molecule has 3 heteroatoms. The second-order valence-electron chi connectivity index (χ2n) is 4.74. The van der Waals surface area contributed by atoms with Crippen molar-refractivity contribution < 1.29 is 4.42 Å². The van der Waals surface area contributed by atoms with Crippen LogP contribution < -0.4 is 5.32 Å². The lowest BCUT2D eigenvalue weighted by Crippen LogP contribution is -2.39. The molecule has 0 radical (unpaired) electrons. The SMILES string of the molecule is CCC(CNC1CC1)N(C)Cc1ccco1. The molecule has 16 heavy (non-hydrogen) atoms. The van der Waals surface area contributed by atoms with Crippen molar-refractivity contribution in [3.63, 3.8) is 0 Å². The van der Waals surface area contributed by atoms with Crippen LogP contribution >= 0.6 is 0 Å². The van der Waals surface area contributed by atoms with E-state index in [1.807, 2.05) is 12.1 Å². The van der Waals surface area contributed by atoms with Gasteiger partial charge in [0, 0.05) is 18.6 Å². The van der Waals surface area contributed by atoms with Crippen molar-refractivity contribution in [2.24, 2.45) is 0 Å². The quantitative estimate of drug-likeness (QED) is 0.767. The summed E-state index contributed by atoms with van der Waals surface area (Å²) in [5.74, 6) is 1.05. The Kier molecular flexibility index (Phi) is 4.02. The number of hydrogen-bond acceptors (Lipinski definition) is 3. The van der Waals surface area contributed by atoms with Crippen LogP contribution in [0.3, 0.4) is 0 Å². The van der Waals surface area contributed by atoms with Gasteiger partial charge in [-0.15, -0.1) is 0 Å².